The average Bonchev–Trinajstić information content (AvgIpc) is 2.55. The van der Waals surface area contributed by atoms with E-state index < -0.39 is 5.91 Å². The minimum absolute atomic E-state index is 0.0174. The summed E-state index contributed by atoms with van der Waals surface area (Å²) in [7, 11) is 0. The highest BCUT2D eigenvalue weighted by atomic mass is 35.5. The van der Waals surface area contributed by atoms with Crippen LogP contribution in [0.25, 0.3) is 0 Å². The van der Waals surface area contributed by atoms with E-state index in [1.54, 1.807) is 6.07 Å². The van der Waals surface area contributed by atoms with Crippen molar-refractivity contribution in [3.8, 4) is 5.75 Å². The summed E-state index contributed by atoms with van der Waals surface area (Å²) in [6.07, 6.45) is 0.0174. The molecule has 0 aliphatic carbocycles. The zero-order chi connectivity index (χ0) is 17.7. The molecule has 0 bridgehead atoms. The summed E-state index contributed by atoms with van der Waals surface area (Å²) < 4.78 is 0. The zero-order valence-electron chi connectivity index (χ0n) is 13.3. The minimum atomic E-state index is -0.581. The summed E-state index contributed by atoms with van der Waals surface area (Å²) in [6.45, 7) is 1.67. The van der Waals surface area contributed by atoms with Crippen LogP contribution < -0.4 is 5.73 Å². The van der Waals surface area contributed by atoms with Crippen LogP contribution >= 0.6 is 11.6 Å². The molecule has 0 aromatic heterocycles. The topological polar surface area (TPSA) is 83.6 Å². The van der Waals surface area contributed by atoms with E-state index in [1.807, 2.05) is 37.3 Å². The van der Waals surface area contributed by atoms with Gasteiger partial charge < -0.3 is 15.7 Å². The second kappa shape index (κ2) is 7.84. The molecule has 0 unspecified atom stereocenters. The van der Waals surface area contributed by atoms with Gasteiger partial charge in [0.2, 0.25) is 11.8 Å². The van der Waals surface area contributed by atoms with E-state index in [-0.39, 0.29) is 30.7 Å². The average molecular weight is 347 g/mol. The first-order valence-electron chi connectivity index (χ1n) is 7.48. The summed E-state index contributed by atoms with van der Waals surface area (Å²) in [5, 5.41) is 9.70. The number of nitrogens with zero attached hydrogens (tertiary/aromatic N) is 1. The molecule has 2 aromatic rings. The highest BCUT2D eigenvalue weighted by Crippen LogP contribution is 2.25. The minimum Gasteiger partial charge on any atom is -0.508 e. The third kappa shape index (κ3) is 4.49. The summed E-state index contributed by atoms with van der Waals surface area (Å²) in [6, 6.07) is 13.5. The third-order valence-corrected chi connectivity index (χ3v) is 4.13. The number of hydrogen-bond donors (Lipinski definition) is 2. The second-order valence-electron chi connectivity index (χ2n) is 5.53. The Balaban J connectivity index is 2.23. The monoisotopic (exact) mass is 346 g/mol. The molecule has 126 valence electrons. The van der Waals surface area contributed by atoms with Gasteiger partial charge >= 0.3 is 0 Å². The van der Waals surface area contributed by atoms with Crippen LogP contribution in [0, 0.1) is 0 Å². The molecule has 0 heterocycles. The van der Waals surface area contributed by atoms with Crippen molar-refractivity contribution >= 4 is 23.4 Å². The van der Waals surface area contributed by atoms with Gasteiger partial charge in [0.25, 0.3) is 0 Å². The van der Waals surface area contributed by atoms with E-state index in [0.717, 1.165) is 5.56 Å². The van der Waals surface area contributed by atoms with Crippen molar-refractivity contribution in [2.24, 2.45) is 5.73 Å². The molecule has 0 saturated carbocycles. The first kappa shape index (κ1) is 17.8. The van der Waals surface area contributed by atoms with Crippen molar-refractivity contribution in [3.63, 3.8) is 0 Å². The second-order valence-corrected chi connectivity index (χ2v) is 5.93. The number of aromatic hydroxyl groups is 1. The van der Waals surface area contributed by atoms with Crippen molar-refractivity contribution in [2.75, 3.05) is 6.54 Å². The Kier molecular flexibility index (Phi) is 5.82. The van der Waals surface area contributed by atoms with E-state index in [1.165, 1.54) is 17.0 Å². The number of nitrogens with two attached hydrogens (primary N) is 1. The lowest BCUT2D eigenvalue weighted by atomic mass is 10.0. The number of benzene rings is 2. The quantitative estimate of drug-likeness (QED) is 0.843. The number of carbonyl (C=O) groups is 2. The van der Waals surface area contributed by atoms with Crippen molar-refractivity contribution in [3.05, 3.63) is 64.7 Å². The van der Waals surface area contributed by atoms with E-state index >= 15 is 0 Å². The van der Waals surface area contributed by atoms with E-state index in [2.05, 4.69) is 0 Å². The summed E-state index contributed by atoms with van der Waals surface area (Å²) in [5.74, 6) is -0.816. The number of phenols is 1. The summed E-state index contributed by atoms with van der Waals surface area (Å²) in [5.41, 5.74) is 6.78. The van der Waals surface area contributed by atoms with Gasteiger partial charge in [-0.15, -0.1) is 0 Å². The fraction of sp³-hybridized carbons (Fsp3) is 0.222. The van der Waals surface area contributed by atoms with Gasteiger partial charge in [0.05, 0.1) is 19.0 Å². The molecule has 2 aromatic carbocycles. The van der Waals surface area contributed by atoms with Gasteiger partial charge in [-0.3, -0.25) is 9.59 Å². The largest absolute Gasteiger partial charge is 0.508 e. The maximum Gasteiger partial charge on any atom is 0.237 e. The fourth-order valence-corrected chi connectivity index (χ4v) is 2.71. The number of carbonyl (C=O) groups excluding carboxylic acids is 2. The van der Waals surface area contributed by atoms with Crippen LogP contribution in [0.3, 0.4) is 0 Å². The molecule has 0 aliphatic heterocycles. The van der Waals surface area contributed by atoms with E-state index in [4.69, 9.17) is 17.3 Å². The Hall–Kier alpha value is -2.53. The Bertz CT molecular complexity index is 734. The molecule has 6 heteroatoms. The number of amides is 2. The highest BCUT2D eigenvalue weighted by Gasteiger charge is 2.23. The van der Waals surface area contributed by atoms with Crippen molar-refractivity contribution in [2.45, 2.75) is 19.4 Å². The summed E-state index contributed by atoms with van der Waals surface area (Å²) in [4.78, 5) is 25.5. The highest BCUT2D eigenvalue weighted by molar-refractivity contribution is 6.31. The van der Waals surface area contributed by atoms with Crippen LogP contribution in [0.5, 0.6) is 5.75 Å². The molecule has 0 aliphatic rings. The van der Waals surface area contributed by atoms with E-state index in [9.17, 15) is 14.7 Å². The maximum absolute atomic E-state index is 12.7. The molecule has 0 radical (unpaired) electrons. The third-order valence-electron chi connectivity index (χ3n) is 3.77. The van der Waals surface area contributed by atoms with Crippen LogP contribution in [0.4, 0.5) is 0 Å². The molecule has 24 heavy (non-hydrogen) atoms. The normalized spacial score (nSPS) is 11.8. The molecule has 0 fully saturated rings. The molecular weight excluding hydrogens is 328 g/mol. The number of halogens is 1. The molecule has 3 N–H and O–H groups in total. The number of phenolic OH excluding ortho intramolecular Hbond substituents is 1. The predicted octanol–water partition coefficient (Wildman–Crippen LogP) is 2.66. The molecule has 2 rings (SSSR count). The van der Waals surface area contributed by atoms with Crippen molar-refractivity contribution < 1.29 is 14.7 Å². The maximum atomic E-state index is 12.7. The van der Waals surface area contributed by atoms with Gasteiger partial charge in [-0.1, -0.05) is 48.0 Å². The Labute approximate surface area is 145 Å². The van der Waals surface area contributed by atoms with Gasteiger partial charge in [0, 0.05) is 5.02 Å². The first-order chi connectivity index (χ1) is 11.4. The standard InChI is InChI=1S/C18H19ClN2O3/c1-12(13-5-3-2-4-6-13)21(11-17(20)23)18(24)9-14-7-8-15(22)10-16(14)19/h2-8,10,12,22H,9,11H2,1H3,(H2,20,23)/t12-/m1/s1. The van der Waals surface area contributed by atoms with Gasteiger partial charge in [0.1, 0.15) is 5.75 Å². The van der Waals surface area contributed by atoms with Gasteiger partial charge in [-0.25, -0.2) is 0 Å². The summed E-state index contributed by atoms with van der Waals surface area (Å²) >= 11 is 6.06. The number of hydrogen-bond acceptors (Lipinski definition) is 3. The smallest absolute Gasteiger partial charge is 0.237 e. The van der Waals surface area contributed by atoms with Gasteiger partial charge in [-0.05, 0) is 30.2 Å². The lowest BCUT2D eigenvalue weighted by molar-refractivity contribution is -0.136. The molecular formula is C18H19ClN2O3. The molecule has 0 saturated heterocycles. The van der Waals surface area contributed by atoms with Crippen LogP contribution in [0.15, 0.2) is 48.5 Å². The van der Waals surface area contributed by atoms with Crippen LogP contribution in [0.1, 0.15) is 24.1 Å². The molecule has 1 atom stereocenters. The van der Waals surface area contributed by atoms with Crippen LogP contribution in [-0.4, -0.2) is 28.4 Å². The van der Waals surface area contributed by atoms with Crippen molar-refractivity contribution in [1.29, 1.82) is 0 Å². The van der Waals surface area contributed by atoms with Crippen LogP contribution in [0.2, 0.25) is 5.02 Å². The SMILES string of the molecule is C[C@H](c1ccccc1)N(CC(N)=O)C(=O)Cc1ccc(O)cc1Cl. The Morgan fingerprint density at radius 1 is 1.21 bits per heavy atom. The number of primary amides is 1. The Morgan fingerprint density at radius 3 is 2.46 bits per heavy atom. The fourth-order valence-electron chi connectivity index (χ4n) is 2.46. The first-order valence-corrected chi connectivity index (χ1v) is 7.86. The lowest BCUT2D eigenvalue weighted by Gasteiger charge is -2.28. The lowest BCUT2D eigenvalue weighted by Crippen LogP contribution is -2.41. The molecule has 0 spiro atoms. The predicted molar refractivity (Wildman–Crippen MR) is 92.6 cm³/mol. The Morgan fingerprint density at radius 2 is 1.88 bits per heavy atom. The van der Waals surface area contributed by atoms with Crippen LogP contribution in [-0.2, 0) is 16.0 Å². The van der Waals surface area contributed by atoms with E-state index in [0.29, 0.717) is 10.6 Å². The molecule has 2 amide bonds. The zero-order valence-corrected chi connectivity index (χ0v) is 14.0. The van der Waals surface area contributed by atoms with Gasteiger partial charge in [-0.2, -0.15) is 0 Å². The molecule has 5 nitrogen and oxygen atoms in total. The number of rotatable bonds is 6. The van der Waals surface area contributed by atoms with Crippen molar-refractivity contribution in [1.82, 2.24) is 4.90 Å². The van der Waals surface area contributed by atoms with Gasteiger partial charge in [0.15, 0.2) is 0 Å².